The summed E-state index contributed by atoms with van der Waals surface area (Å²) >= 11 is 5.98. The molecule has 1 aromatic carbocycles. The molecule has 25 heavy (non-hydrogen) atoms. The zero-order chi connectivity index (χ0) is 17.6. The molecule has 1 aromatic heterocycles. The normalized spacial score (nSPS) is 17.8. The molecule has 0 saturated heterocycles. The van der Waals surface area contributed by atoms with Crippen molar-refractivity contribution in [2.45, 2.75) is 19.6 Å². The van der Waals surface area contributed by atoms with Gasteiger partial charge in [0.2, 0.25) is 5.91 Å². The summed E-state index contributed by atoms with van der Waals surface area (Å²) in [6, 6.07) is 10.0. The van der Waals surface area contributed by atoms with Crippen LogP contribution in [0.2, 0.25) is 5.02 Å². The van der Waals surface area contributed by atoms with Crippen LogP contribution in [-0.4, -0.2) is 47.4 Å². The van der Waals surface area contributed by atoms with Crippen LogP contribution in [0.1, 0.15) is 11.3 Å². The summed E-state index contributed by atoms with van der Waals surface area (Å²) in [6.07, 6.45) is 1.84. The fourth-order valence-electron chi connectivity index (χ4n) is 3.16. The number of carbonyl (C=O) groups is 1. The first kappa shape index (κ1) is 17.9. The lowest BCUT2D eigenvalue weighted by Gasteiger charge is -2.24. The highest BCUT2D eigenvalue weighted by Crippen LogP contribution is 2.19. The molecular formula is C18H23ClN4O2. The van der Waals surface area contributed by atoms with Crippen molar-refractivity contribution in [3.63, 3.8) is 0 Å². The predicted octanol–water partition coefficient (Wildman–Crippen LogP) is 1.93. The van der Waals surface area contributed by atoms with Crippen molar-refractivity contribution >= 4 is 17.5 Å². The average Bonchev–Trinajstić information content (AvgIpc) is 2.95. The highest BCUT2D eigenvalue weighted by molar-refractivity contribution is 6.30. The van der Waals surface area contributed by atoms with Gasteiger partial charge in [-0.15, -0.1) is 0 Å². The van der Waals surface area contributed by atoms with Gasteiger partial charge in [0.1, 0.15) is 6.61 Å². The Morgan fingerprint density at radius 3 is 2.88 bits per heavy atom. The molecule has 7 heteroatoms. The molecule has 3 rings (SSSR count). The standard InChI is InChI=1S/C18H23ClN4O2/c1-25-13-18(24)20-8-15-10-22(9-14-2-4-16(19)5-3-14)12-17-6-7-21-23(17)11-15/h2-7,15H,8-13H2,1H3,(H,20,24). The van der Waals surface area contributed by atoms with Crippen LogP contribution >= 0.6 is 11.6 Å². The lowest BCUT2D eigenvalue weighted by atomic mass is 10.1. The van der Waals surface area contributed by atoms with Crippen LogP contribution in [0, 0.1) is 5.92 Å². The number of fused-ring (bicyclic) bond motifs is 1. The van der Waals surface area contributed by atoms with Gasteiger partial charge in [-0.05, 0) is 23.8 Å². The molecule has 134 valence electrons. The van der Waals surface area contributed by atoms with Gasteiger partial charge in [0.05, 0.1) is 5.69 Å². The summed E-state index contributed by atoms with van der Waals surface area (Å²) < 4.78 is 6.91. The van der Waals surface area contributed by atoms with Crippen LogP contribution in [0.3, 0.4) is 0 Å². The van der Waals surface area contributed by atoms with Crippen LogP contribution in [0.4, 0.5) is 0 Å². The second-order valence-electron chi connectivity index (χ2n) is 6.40. The first-order valence-electron chi connectivity index (χ1n) is 8.37. The van der Waals surface area contributed by atoms with Gasteiger partial charge in [0.15, 0.2) is 0 Å². The van der Waals surface area contributed by atoms with E-state index in [0.29, 0.717) is 6.54 Å². The third-order valence-electron chi connectivity index (χ3n) is 4.32. The summed E-state index contributed by atoms with van der Waals surface area (Å²) in [4.78, 5) is 14.1. The maximum absolute atomic E-state index is 11.7. The van der Waals surface area contributed by atoms with E-state index in [1.54, 1.807) is 0 Å². The fourth-order valence-corrected chi connectivity index (χ4v) is 3.28. The number of ether oxygens (including phenoxy) is 1. The molecule has 0 spiro atoms. The number of nitrogens with zero attached hydrogens (tertiary/aromatic N) is 3. The van der Waals surface area contributed by atoms with Crippen molar-refractivity contribution in [1.82, 2.24) is 20.0 Å². The number of hydrogen-bond donors (Lipinski definition) is 1. The van der Waals surface area contributed by atoms with Crippen LogP contribution < -0.4 is 5.32 Å². The Kier molecular flexibility index (Phi) is 6.07. The Balaban J connectivity index is 1.67. The number of aromatic nitrogens is 2. The monoisotopic (exact) mass is 362 g/mol. The summed E-state index contributed by atoms with van der Waals surface area (Å²) in [6.45, 7) is 4.06. The van der Waals surface area contributed by atoms with E-state index in [0.717, 1.165) is 31.2 Å². The van der Waals surface area contributed by atoms with Gasteiger partial charge in [-0.2, -0.15) is 5.10 Å². The second kappa shape index (κ2) is 8.47. The van der Waals surface area contributed by atoms with Crippen molar-refractivity contribution in [2.75, 3.05) is 26.8 Å². The van der Waals surface area contributed by atoms with Gasteiger partial charge in [-0.1, -0.05) is 23.7 Å². The van der Waals surface area contributed by atoms with E-state index in [4.69, 9.17) is 16.3 Å². The van der Waals surface area contributed by atoms with E-state index in [-0.39, 0.29) is 18.4 Å². The summed E-state index contributed by atoms with van der Waals surface area (Å²) in [5, 5.41) is 8.11. The maximum Gasteiger partial charge on any atom is 0.245 e. The van der Waals surface area contributed by atoms with E-state index < -0.39 is 0 Å². The Labute approximate surface area is 152 Å². The number of halogens is 1. The third kappa shape index (κ3) is 5.04. The SMILES string of the molecule is COCC(=O)NCC1CN(Cc2ccc(Cl)cc2)Cc2ccnn2C1. The number of benzene rings is 1. The minimum atomic E-state index is -0.0864. The second-order valence-corrected chi connectivity index (χ2v) is 6.84. The van der Waals surface area contributed by atoms with Crippen molar-refractivity contribution < 1.29 is 9.53 Å². The van der Waals surface area contributed by atoms with Gasteiger partial charge in [-0.25, -0.2) is 0 Å². The Bertz CT molecular complexity index is 701. The molecule has 2 aromatic rings. The molecule has 1 aliphatic rings. The average molecular weight is 363 g/mol. The van der Waals surface area contributed by atoms with Crippen LogP contribution in [0.25, 0.3) is 0 Å². The van der Waals surface area contributed by atoms with E-state index in [9.17, 15) is 4.79 Å². The van der Waals surface area contributed by atoms with Crippen molar-refractivity contribution in [3.8, 4) is 0 Å². The highest BCUT2D eigenvalue weighted by atomic mass is 35.5. The summed E-state index contributed by atoms with van der Waals surface area (Å²) in [7, 11) is 1.52. The first-order chi connectivity index (χ1) is 12.1. The molecule has 1 atom stereocenters. The molecule has 0 aliphatic carbocycles. The number of nitrogens with one attached hydrogen (secondary N) is 1. The number of hydrogen-bond acceptors (Lipinski definition) is 4. The fraction of sp³-hybridized carbons (Fsp3) is 0.444. The Morgan fingerprint density at radius 1 is 1.32 bits per heavy atom. The summed E-state index contributed by atoms with van der Waals surface area (Å²) in [5.41, 5.74) is 2.42. The van der Waals surface area contributed by atoms with E-state index in [1.807, 2.05) is 23.0 Å². The lowest BCUT2D eigenvalue weighted by Crippen LogP contribution is -2.37. The molecule has 1 unspecified atom stereocenters. The quantitative estimate of drug-likeness (QED) is 0.853. The predicted molar refractivity (Wildman–Crippen MR) is 96.2 cm³/mol. The van der Waals surface area contributed by atoms with Gasteiger partial charge in [0.25, 0.3) is 0 Å². The number of carbonyl (C=O) groups excluding carboxylic acids is 1. The highest BCUT2D eigenvalue weighted by Gasteiger charge is 2.22. The van der Waals surface area contributed by atoms with E-state index in [2.05, 4.69) is 33.5 Å². The molecule has 2 heterocycles. The molecule has 0 bridgehead atoms. The van der Waals surface area contributed by atoms with Crippen LogP contribution in [0.15, 0.2) is 36.5 Å². The Morgan fingerprint density at radius 2 is 2.12 bits per heavy atom. The maximum atomic E-state index is 11.7. The van der Waals surface area contributed by atoms with Gasteiger partial charge in [-0.3, -0.25) is 14.4 Å². The van der Waals surface area contributed by atoms with Gasteiger partial charge in [0, 0.05) is 57.0 Å². The van der Waals surface area contributed by atoms with Crippen LogP contribution in [0.5, 0.6) is 0 Å². The largest absolute Gasteiger partial charge is 0.375 e. The topological polar surface area (TPSA) is 59.4 Å². The minimum Gasteiger partial charge on any atom is -0.375 e. The zero-order valence-electron chi connectivity index (χ0n) is 14.3. The number of rotatable bonds is 6. The minimum absolute atomic E-state index is 0.0864. The lowest BCUT2D eigenvalue weighted by molar-refractivity contribution is -0.124. The molecule has 1 N–H and O–H groups in total. The number of methoxy groups -OCH3 is 1. The molecule has 6 nitrogen and oxygen atoms in total. The third-order valence-corrected chi connectivity index (χ3v) is 4.57. The molecular weight excluding hydrogens is 340 g/mol. The first-order valence-corrected chi connectivity index (χ1v) is 8.75. The van der Waals surface area contributed by atoms with Crippen LogP contribution in [-0.2, 0) is 29.2 Å². The molecule has 1 aliphatic heterocycles. The molecule has 1 amide bonds. The smallest absolute Gasteiger partial charge is 0.245 e. The molecule has 0 radical (unpaired) electrons. The zero-order valence-corrected chi connectivity index (χ0v) is 15.1. The number of amides is 1. The van der Waals surface area contributed by atoms with Crippen molar-refractivity contribution in [2.24, 2.45) is 5.92 Å². The Hall–Kier alpha value is -1.89. The van der Waals surface area contributed by atoms with E-state index >= 15 is 0 Å². The van der Waals surface area contributed by atoms with Crippen molar-refractivity contribution in [3.05, 3.63) is 52.8 Å². The van der Waals surface area contributed by atoms with Gasteiger partial charge < -0.3 is 10.1 Å². The molecule has 0 fully saturated rings. The van der Waals surface area contributed by atoms with Gasteiger partial charge >= 0.3 is 0 Å². The molecule has 0 saturated carbocycles. The van der Waals surface area contributed by atoms with Crippen molar-refractivity contribution in [1.29, 1.82) is 0 Å². The summed E-state index contributed by atoms with van der Waals surface area (Å²) in [5.74, 6) is 0.200. The van der Waals surface area contributed by atoms with E-state index in [1.165, 1.54) is 18.4 Å².